The predicted octanol–water partition coefficient (Wildman–Crippen LogP) is 3.32. The second-order valence-corrected chi connectivity index (χ2v) is 4.98. The number of nitrogens with two attached hydrogens (primary N) is 2. The molecule has 3 aromatic rings. The maximum Gasteiger partial charge on any atom is 0.0865 e. The van der Waals surface area contributed by atoms with Crippen LogP contribution in [0.2, 0.25) is 0 Å². The molecule has 6 nitrogen and oxygen atoms in total. The van der Waals surface area contributed by atoms with E-state index in [9.17, 15) is 0 Å². The molecule has 114 valence electrons. The normalized spacial score (nSPS) is 11.0. The minimum absolute atomic E-state index is 0.580. The lowest BCUT2D eigenvalue weighted by molar-refractivity contribution is 1.08. The molecule has 1 aromatic heterocycles. The summed E-state index contributed by atoms with van der Waals surface area (Å²) >= 11 is 0. The van der Waals surface area contributed by atoms with Gasteiger partial charge in [0.2, 0.25) is 0 Å². The third kappa shape index (κ3) is 3.11. The number of nitrogens with one attached hydrogen (secondary N) is 1. The number of aliphatic imine (C=N–C) groups is 2. The van der Waals surface area contributed by atoms with Gasteiger partial charge >= 0.3 is 0 Å². The van der Waals surface area contributed by atoms with Crippen LogP contribution in [0.15, 0.2) is 58.6 Å². The molecule has 0 aliphatic carbocycles. The SMILES string of the molecule is C=Nc1ccc(-c2ccc(N)c(N=Cc3ccn[nH]3)c2)cc1N. The first-order chi connectivity index (χ1) is 11.2. The number of H-pyrrole nitrogens is 1. The second kappa shape index (κ2) is 6.15. The zero-order valence-corrected chi connectivity index (χ0v) is 12.4. The number of hydrogen-bond donors (Lipinski definition) is 3. The first-order valence-corrected chi connectivity index (χ1v) is 6.97. The highest BCUT2D eigenvalue weighted by Crippen LogP contribution is 2.32. The Hall–Kier alpha value is -3.41. The third-order valence-electron chi connectivity index (χ3n) is 3.43. The predicted molar refractivity (Wildman–Crippen MR) is 95.8 cm³/mol. The molecule has 0 radical (unpaired) electrons. The first-order valence-electron chi connectivity index (χ1n) is 6.97. The Morgan fingerprint density at radius 1 is 0.957 bits per heavy atom. The summed E-state index contributed by atoms with van der Waals surface area (Å²) in [5.74, 6) is 0. The highest BCUT2D eigenvalue weighted by Gasteiger charge is 2.05. The Kier molecular flexibility index (Phi) is 3.88. The number of aromatic amines is 1. The van der Waals surface area contributed by atoms with E-state index in [-0.39, 0.29) is 0 Å². The Bertz CT molecular complexity index is 865. The standard InChI is InChI=1S/C17H16N6/c1-20-16-5-3-11(8-15(16)19)12-2-4-14(18)17(9-12)21-10-13-6-7-22-23-13/h2-10H,1,18-19H2,(H,22,23). The summed E-state index contributed by atoms with van der Waals surface area (Å²) in [6.07, 6.45) is 3.35. The largest absolute Gasteiger partial charge is 0.397 e. The van der Waals surface area contributed by atoms with Gasteiger partial charge in [0.05, 0.1) is 34.7 Å². The van der Waals surface area contributed by atoms with E-state index in [1.807, 2.05) is 42.5 Å². The molecule has 0 saturated carbocycles. The number of anilines is 2. The van der Waals surface area contributed by atoms with Crippen LogP contribution in [0.25, 0.3) is 11.1 Å². The average Bonchev–Trinajstić information content (AvgIpc) is 3.07. The van der Waals surface area contributed by atoms with Gasteiger partial charge in [0.1, 0.15) is 0 Å². The van der Waals surface area contributed by atoms with E-state index in [2.05, 4.69) is 26.9 Å². The Morgan fingerprint density at radius 2 is 1.74 bits per heavy atom. The van der Waals surface area contributed by atoms with Crippen molar-refractivity contribution in [1.82, 2.24) is 10.2 Å². The zero-order valence-electron chi connectivity index (χ0n) is 12.4. The van der Waals surface area contributed by atoms with Gasteiger partial charge in [-0.15, -0.1) is 0 Å². The van der Waals surface area contributed by atoms with Crippen molar-refractivity contribution in [3.63, 3.8) is 0 Å². The summed E-state index contributed by atoms with van der Waals surface area (Å²) in [6, 6.07) is 13.1. The van der Waals surface area contributed by atoms with Crippen LogP contribution in [0.3, 0.4) is 0 Å². The first kappa shape index (κ1) is 14.5. The number of aromatic nitrogens is 2. The van der Waals surface area contributed by atoms with Gasteiger partial charge in [0, 0.05) is 6.20 Å². The minimum Gasteiger partial charge on any atom is -0.397 e. The second-order valence-electron chi connectivity index (χ2n) is 4.98. The molecule has 1 heterocycles. The fraction of sp³-hybridized carbons (Fsp3) is 0. The molecule has 3 rings (SSSR count). The molecule has 0 aliphatic heterocycles. The maximum atomic E-state index is 5.99. The number of rotatable bonds is 4. The highest BCUT2D eigenvalue weighted by atomic mass is 15.1. The van der Waals surface area contributed by atoms with Crippen molar-refractivity contribution >= 4 is 35.7 Å². The van der Waals surface area contributed by atoms with Gasteiger partial charge in [-0.3, -0.25) is 15.1 Å². The molecule has 0 amide bonds. The maximum absolute atomic E-state index is 5.99. The fourth-order valence-corrected chi connectivity index (χ4v) is 2.19. The Balaban J connectivity index is 1.96. The van der Waals surface area contributed by atoms with Crippen molar-refractivity contribution in [2.45, 2.75) is 0 Å². The van der Waals surface area contributed by atoms with E-state index >= 15 is 0 Å². The van der Waals surface area contributed by atoms with Gasteiger partial charge in [-0.2, -0.15) is 5.10 Å². The van der Waals surface area contributed by atoms with E-state index in [0.29, 0.717) is 22.7 Å². The van der Waals surface area contributed by atoms with Crippen molar-refractivity contribution in [2.75, 3.05) is 11.5 Å². The number of benzene rings is 2. The lowest BCUT2D eigenvalue weighted by atomic mass is 10.0. The summed E-state index contributed by atoms with van der Waals surface area (Å²) in [7, 11) is 0. The van der Waals surface area contributed by atoms with Crippen molar-refractivity contribution in [1.29, 1.82) is 0 Å². The molecule has 0 bridgehead atoms. The third-order valence-corrected chi connectivity index (χ3v) is 3.43. The number of nitrogens with zero attached hydrogens (tertiary/aromatic N) is 3. The highest BCUT2D eigenvalue weighted by molar-refractivity contribution is 5.84. The molecule has 0 unspecified atom stereocenters. The molecule has 0 atom stereocenters. The Morgan fingerprint density at radius 3 is 2.43 bits per heavy atom. The molecule has 0 aliphatic rings. The number of nitrogen functional groups attached to an aromatic ring is 2. The van der Waals surface area contributed by atoms with Crippen molar-refractivity contribution in [2.24, 2.45) is 9.98 Å². The van der Waals surface area contributed by atoms with Crippen LogP contribution in [0.4, 0.5) is 22.7 Å². The summed E-state index contributed by atoms with van der Waals surface area (Å²) in [5, 5.41) is 6.69. The van der Waals surface area contributed by atoms with Crippen molar-refractivity contribution in [3.05, 3.63) is 54.4 Å². The minimum atomic E-state index is 0.580. The quantitative estimate of drug-likeness (QED) is 0.508. The number of hydrogen-bond acceptors (Lipinski definition) is 5. The lowest BCUT2D eigenvalue weighted by Crippen LogP contribution is -1.89. The molecule has 6 heteroatoms. The van der Waals surface area contributed by atoms with E-state index < -0.39 is 0 Å². The molecule has 2 aromatic carbocycles. The van der Waals surface area contributed by atoms with Gasteiger partial charge in [-0.1, -0.05) is 12.1 Å². The van der Waals surface area contributed by atoms with Gasteiger partial charge in [0.15, 0.2) is 0 Å². The van der Waals surface area contributed by atoms with E-state index in [0.717, 1.165) is 16.8 Å². The molecular formula is C17H16N6. The zero-order chi connectivity index (χ0) is 16.2. The van der Waals surface area contributed by atoms with Crippen LogP contribution in [-0.2, 0) is 0 Å². The topological polar surface area (TPSA) is 105 Å². The van der Waals surface area contributed by atoms with E-state index in [1.54, 1.807) is 12.4 Å². The monoisotopic (exact) mass is 304 g/mol. The van der Waals surface area contributed by atoms with Crippen molar-refractivity contribution in [3.8, 4) is 11.1 Å². The van der Waals surface area contributed by atoms with Gasteiger partial charge in [0.25, 0.3) is 0 Å². The van der Waals surface area contributed by atoms with Crippen LogP contribution in [-0.4, -0.2) is 23.1 Å². The summed E-state index contributed by atoms with van der Waals surface area (Å²) in [6.45, 7) is 3.49. The average molecular weight is 304 g/mol. The van der Waals surface area contributed by atoms with Crippen molar-refractivity contribution < 1.29 is 0 Å². The fourth-order valence-electron chi connectivity index (χ4n) is 2.19. The summed E-state index contributed by atoms with van der Waals surface area (Å²) in [4.78, 5) is 8.28. The van der Waals surface area contributed by atoms with E-state index in [4.69, 9.17) is 11.5 Å². The Labute approximate surface area is 133 Å². The van der Waals surface area contributed by atoms with Crippen LogP contribution >= 0.6 is 0 Å². The van der Waals surface area contributed by atoms with Gasteiger partial charge in [-0.05, 0) is 48.2 Å². The van der Waals surface area contributed by atoms with Crippen LogP contribution < -0.4 is 11.5 Å². The van der Waals surface area contributed by atoms with Crippen LogP contribution in [0.1, 0.15) is 5.69 Å². The van der Waals surface area contributed by atoms with Gasteiger partial charge in [-0.25, -0.2) is 0 Å². The summed E-state index contributed by atoms with van der Waals surface area (Å²) < 4.78 is 0. The molecule has 0 spiro atoms. The van der Waals surface area contributed by atoms with Gasteiger partial charge < -0.3 is 11.5 Å². The van der Waals surface area contributed by atoms with E-state index in [1.165, 1.54) is 0 Å². The molecule has 0 fully saturated rings. The molecular weight excluding hydrogens is 288 g/mol. The molecule has 5 N–H and O–H groups in total. The summed E-state index contributed by atoms with van der Waals surface area (Å²) in [5.41, 5.74) is 17.2. The lowest BCUT2D eigenvalue weighted by Gasteiger charge is -2.07. The molecule has 23 heavy (non-hydrogen) atoms. The molecule has 0 saturated heterocycles. The van der Waals surface area contributed by atoms with Crippen LogP contribution in [0, 0.1) is 0 Å². The van der Waals surface area contributed by atoms with Crippen LogP contribution in [0.5, 0.6) is 0 Å². The smallest absolute Gasteiger partial charge is 0.0865 e.